The highest BCUT2D eigenvalue weighted by molar-refractivity contribution is 7.15. The van der Waals surface area contributed by atoms with E-state index in [0.29, 0.717) is 17.7 Å². The Morgan fingerprint density at radius 3 is 2.56 bits per heavy atom. The highest BCUT2D eigenvalue weighted by Crippen LogP contribution is 2.19. The zero-order valence-electron chi connectivity index (χ0n) is 9.63. The summed E-state index contributed by atoms with van der Waals surface area (Å²) in [6.07, 6.45) is 3.89. The highest BCUT2D eigenvalue weighted by Gasteiger charge is 2.22. The summed E-state index contributed by atoms with van der Waals surface area (Å²) < 4.78 is 0. The summed E-state index contributed by atoms with van der Waals surface area (Å²) in [4.78, 5) is 26.4. The Hall–Kier alpha value is -1.47. The Morgan fingerprint density at radius 2 is 2.00 bits per heavy atom. The van der Waals surface area contributed by atoms with Gasteiger partial charge in [-0.1, -0.05) is 0 Å². The number of carbonyl (C=O) groups excluding carboxylic acids is 1. The minimum absolute atomic E-state index is 0.0521. The molecule has 0 aliphatic heterocycles. The number of hydrogen-bond donors (Lipinski definition) is 3. The third-order valence-electron chi connectivity index (χ3n) is 2.94. The number of aliphatic hydroxyl groups excluding tert-OH is 1. The topological polar surface area (TPSA) is 99.5 Å². The van der Waals surface area contributed by atoms with Crippen molar-refractivity contribution >= 4 is 23.2 Å². The second kappa shape index (κ2) is 5.45. The van der Waals surface area contributed by atoms with Crippen molar-refractivity contribution < 1.29 is 19.8 Å². The van der Waals surface area contributed by atoms with Crippen molar-refractivity contribution in [2.75, 3.05) is 0 Å². The van der Waals surface area contributed by atoms with Crippen LogP contribution in [0.5, 0.6) is 0 Å². The van der Waals surface area contributed by atoms with E-state index in [9.17, 15) is 14.7 Å². The molecule has 6 nitrogen and oxygen atoms in total. The lowest BCUT2D eigenvalue weighted by Crippen LogP contribution is -2.38. The monoisotopic (exact) mass is 270 g/mol. The zero-order valence-corrected chi connectivity index (χ0v) is 10.4. The Bertz CT molecular complexity index is 452. The maximum Gasteiger partial charge on any atom is 0.365 e. The molecule has 0 atom stereocenters. The summed E-state index contributed by atoms with van der Waals surface area (Å²) in [6, 6.07) is 0.0521. The van der Waals surface area contributed by atoms with Crippen LogP contribution in [0.25, 0.3) is 0 Å². The molecule has 1 aliphatic carbocycles. The van der Waals surface area contributed by atoms with Crippen LogP contribution in [-0.4, -0.2) is 39.2 Å². The van der Waals surface area contributed by atoms with E-state index in [4.69, 9.17) is 5.11 Å². The number of rotatable bonds is 3. The number of aromatic nitrogens is 1. The van der Waals surface area contributed by atoms with Gasteiger partial charge in [0.15, 0.2) is 0 Å². The van der Waals surface area contributed by atoms with E-state index in [1.807, 2.05) is 0 Å². The van der Waals surface area contributed by atoms with E-state index in [-0.39, 0.29) is 23.1 Å². The summed E-state index contributed by atoms with van der Waals surface area (Å²) in [5.41, 5.74) is 0. The van der Waals surface area contributed by atoms with Crippen LogP contribution in [0.3, 0.4) is 0 Å². The molecule has 7 heteroatoms. The molecule has 98 valence electrons. The van der Waals surface area contributed by atoms with E-state index >= 15 is 0 Å². The number of carbonyl (C=O) groups is 2. The highest BCUT2D eigenvalue weighted by atomic mass is 32.1. The van der Waals surface area contributed by atoms with Gasteiger partial charge in [0, 0.05) is 6.04 Å². The average molecular weight is 270 g/mol. The molecule has 1 aromatic rings. The predicted octanol–water partition coefficient (Wildman–Crippen LogP) is 0.875. The van der Waals surface area contributed by atoms with Gasteiger partial charge in [-0.15, -0.1) is 11.3 Å². The van der Waals surface area contributed by atoms with Gasteiger partial charge in [0.1, 0.15) is 4.88 Å². The van der Waals surface area contributed by atoms with Crippen molar-refractivity contribution in [3.8, 4) is 0 Å². The molecule has 0 saturated heterocycles. The summed E-state index contributed by atoms with van der Waals surface area (Å²) >= 11 is 0.866. The number of thiazole rings is 1. The number of nitrogens with zero attached hydrogens (tertiary/aromatic N) is 1. The van der Waals surface area contributed by atoms with Crippen molar-refractivity contribution in [1.29, 1.82) is 0 Å². The maximum absolute atomic E-state index is 11.8. The van der Waals surface area contributed by atoms with E-state index < -0.39 is 5.97 Å². The van der Waals surface area contributed by atoms with Gasteiger partial charge >= 0.3 is 5.97 Å². The van der Waals surface area contributed by atoms with Gasteiger partial charge < -0.3 is 15.5 Å². The van der Waals surface area contributed by atoms with Gasteiger partial charge in [-0.05, 0) is 25.7 Å². The molecule has 1 heterocycles. The first-order chi connectivity index (χ1) is 8.56. The summed E-state index contributed by atoms with van der Waals surface area (Å²) in [5, 5.41) is 20.8. The Morgan fingerprint density at radius 1 is 1.33 bits per heavy atom. The average Bonchev–Trinajstić information content (AvgIpc) is 2.81. The van der Waals surface area contributed by atoms with Crippen molar-refractivity contribution in [2.45, 2.75) is 37.8 Å². The van der Waals surface area contributed by atoms with Crippen LogP contribution in [-0.2, 0) is 0 Å². The maximum atomic E-state index is 11.8. The molecule has 0 bridgehead atoms. The van der Waals surface area contributed by atoms with Crippen molar-refractivity contribution in [3.05, 3.63) is 16.1 Å². The largest absolute Gasteiger partial charge is 0.476 e. The second-order valence-corrected chi connectivity index (χ2v) is 5.34. The molecular weight excluding hydrogens is 256 g/mol. The van der Waals surface area contributed by atoms with Gasteiger partial charge in [0.25, 0.3) is 5.91 Å². The van der Waals surface area contributed by atoms with E-state index in [0.717, 1.165) is 24.2 Å². The fraction of sp³-hybridized carbons (Fsp3) is 0.545. The standard InChI is InChI=1S/C11H14N2O4S/c14-7-3-1-6(2-4-7)13-9(15)8-5-12-10(18-8)11(16)17/h5-7,14H,1-4H2,(H,13,15)(H,16,17). The lowest BCUT2D eigenvalue weighted by atomic mass is 9.93. The molecule has 1 aromatic heterocycles. The van der Waals surface area contributed by atoms with Crippen LogP contribution < -0.4 is 5.32 Å². The van der Waals surface area contributed by atoms with Crippen molar-refractivity contribution in [1.82, 2.24) is 10.3 Å². The number of carboxylic acid groups (broad SMARTS) is 1. The summed E-state index contributed by atoms with van der Waals surface area (Å²) in [7, 11) is 0. The Labute approximate surface area is 108 Å². The van der Waals surface area contributed by atoms with Crippen molar-refractivity contribution in [2.24, 2.45) is 0 Å². The minimum atomic E-state index is -1.13. The first-order valence-corrected chi connectivity index (χ1v) is 6.56. The van der Waals surface area contributed by atoms with Crippen LogP contribution in [0.4, 0.5) is 0 Å². The molecule has 1 amide bonds. The molecule has 1 saturated carbocycles. The quantitative estimate of drug-likeness (QED) is 0.757. The molecule has 0 aromatic carbocycles. The molecule has 18 heavy (non-hydrogen) atoms. The lowest BCUT2D eigenvalue weighted by molar-refractivity contribution is 0.0696. The molecule has 3 N–H and O–H groups in total. The van der Waals surface area contributed by atoms with Crippen LogP contribution in [0, 0.1) is 0 Å². The first kappa shape index (κ1) is 13.0. The normalized spacial score (nSPS) is 23.6. The molecule has 1 fully saturated rings. The molecule has 1 aliphatic rings. The molecule has 0 unspecified atom stereocenters. The van der Waals surface area contributed by atoms with E-state index in [1.54, 1.807) is 0 Å². The van der Waals surface area contributed by atoms with Crippen LogP contribution in [0.2, 0.25) is 0 Å². The molecule has 0 spiro atoms. The predicted molar refractivity (Wildman–Crippen MR) is 64.8 cm³/mol. The third-order valence-corrected chi connectivity index (χ3v) is 3.93. The smallest absolute Gasteiger partial charge is 0.365 e. The number of aliphatic hydroxyl groups is 1. The van der Waals surface area contributed by atoms with Crippen molar-refractivity contribution in [3.63, 3.8) is 0 Å². The fourth-order valence-corrected chi connectivity index (χ4v) is 2.61. The van der Waals surface area contributed by atoms with Gasteiger partial charge in [-0.25, -0.2) is 9.78 Å². The SMILES string of the molecule is O=C(NC1CCC(O)CC1)c1cnc(C(=O)O)s1. The van der Waals surface area contributed by atoms with Gasteiger partial charge in [-0.2, -0.15) is 0 Å². The minimum Gasteiger partial charge on any atom is -0.476 e. The fourth-order valence-electron chi connectivity index (χ4n) is 1.95. The zero-order chi connectivity index (χ0) is 13.1. The molecule has 0 radical (unpaired) electrons. The number of nitrogens with one attached hydrogen (secondary N) is 1. The van der Waals surface area contributed by atoms with Gasteiger partial charge in [0.05, 0.1) is 12.3 Å². The third kappa shape index (κ3) is 3.05. The van der Waals surface area contributed by atoms with Crippen LogP contribution >= 0.6 is 11.3 Å². The number of carboxylic acids is 1. The number of hydrogen-bond acceptors (Lipinski definition) is 5. The van der Waals surface area contributed by atoms with Crippen LogP contribution in [0.1, 0.15) is 45.2 Å². The van der Waals surface area contributed by atoms with Gasteiger partial charge in [0.2, 0.25) is 5.01 Å². The van der Waals surface area contributed by atoms with E-state index in [2.05, 4.69) is 10.3 Å². The van der Waals surface area contributed by atoms with Gasteiger partial charge in [-0.3, -0.25) is 4.79 Å². The summed E-state index contributed by atoms with van der Waals surface area (Å²) in [6.45, 7) is 0. The van der Waals surface area contributed by atoms with Crippen LogP contribution in [0.15, 0.2) is 6.20 Å². The van der Waals surface area contributed by atoms with E-state index in [1.165, 1.54) is 6.20 Å². The Balaban J connectivity index is 1.93. The second-order valence-electron chi connectivity index (χ2n) is 4.31. The summed E-state index contributed by atoms with van der Waals surface area (Å²) in [5.74, 6) is -1.42. The Kier molecular flexibility index (Phi) is 3.93. The number of amides is 1. The molecule has 2 rings (SSSR count). The first-order valence-electron chi connectivity index (χ1n) is 5.74. The number of aromatic carboxylic acids is 1. The molecular formula is C11H14N2O4S. The lowest BCUT2D eigenvalue weighted by Gasteiger charge is -2.25.